The van der Waals surface area contributed by atoms with E-state index in [1.165, 1.54) is 13.1 Å². The van der Waals surface area contributed by atoms with E-state index in [0.717, 1.165) is 6.20 Å². The maximum Gasteiger partial charge on any atom is 0.305 e. The predicted molar refractivity (Wildman–Crippen MR) is 100 cm³/mol. The number of rotatable bonds is 7. The molecule has 3 heterocycles. The number of hydrogen-bond donors (Lipinski definition) is 4. The van der Waals surface area contributed by atoms with Crippen molar-refractivity contribution in [1.82, 2.24) is 25.3 Å². The van der Waals surface area contributed by atoms with Gasteiger partial charge in [0.1, 0.15) is 11.7 Å². The summed E-state index contributed by atoms with van der Waals surface area (Å²) in [6, 6.07) is 0.846. The predicted octanol–water partition coefficient (Wildman–Crippen LogP) is 2.20. The molecule has 3 rings (SSSR count). The van der Waals surface area contributed by atoms with Gasteiger partial charge in [-0.25, -0.2) is 19.3 Å². The number of carboxylic acid groups (broad SMARTS) is 1. The first kappa shape index (κ1) is 19.5. The minimum absolute atomic E-state index is 0.0270. The maximum atomic E-state index is 14.1. The fraction of sp³-hybridized carbons (Fsp3) is 0.235. The van der Waals surface area contributed by atoms with Crippen molar-refractivity contribution in [3.8, 4) is 11.4 Å². The Balaban J connectivity index is 1.80. The summed E-state index contributed by atoms with van der Waals surface area (Å²) in [7, 11) is 0. The molecule has 3 aromatic heterocycles. The van der Waals surface area contributed by atoms with Crippen LogP contribution in [-0.2, 0) is 9.59 Å². The van der Waals surface area contributed by atoms with E-state index in [2.05, 4.69) is 30.6 Å². The molecule has 0 aliphatic carbocycles. The lowest BCUT2D eigenvalue weighted by Gasteiger charge is -2.15. The summed E-state index contributed by atoms with van der Waals surface area (Å²) in [5, 5.41) is 14.8. The third kappa shape index (κ3) is 4.34. The highest BCUT2D eigenvalue weighted by atomic mass is 35.5. The van der Waals surface area contributed by atoms with Gasteiger partial charge >= 0.3 is 5.97 Å². The summed E-state index contributed by atoms with van der Waals surface area (Å²) in [4.78, 5) is 37.8. The SMILES string of the molecule is C[C@H](Nc1nc(-c2c[nH]c3ncc(Cl)cc23)ncc1F)C(=O)NCCC(=O)O. The molecule has 0 radical (unpaired) electrons. The van der Waals surface area contributed by atoms with Crippen LogP contribution in [0.4, 0.5) is 10.2 Å². The number of aliphatic carboxylic acids is 1. The zero-order valence-electron chi connectivity index (χ0n) is 14.7. The van der Waals surface area contributed by atoms with Crippen molar-refractivity contribution < 1.29 is 19.1 Å². The Kier molecular flexibility index (Phi) is 5.69. The summed E-state index contributed by atoms with van der Waals surface area (Å²) in [6.07, 6.45) is 3.92. The van der Waals surface area contributed by atoms with E-state index in [1.54, 1.807) is 12.3 Å². The van der Waals surface area contributed by atoms with Crippen molar-refractivity contribution in [3.63, 3.8) is 0 Å². The van der Waals surface area contributed by atoms with Gasteiger partial charge in [0.05, 0.1) is 17.6 Å². The second kappa shape index (κ2) is 8.17. The Morgan fingerprint density at radius 1 is 1.36 bits per heavy atom. The van der Waals surface area contributed by atoms with Crippen molar-refractivity contribution in [2.24, 2.45) is 0 Å². The van der Waals surface area contributed by atoms with E-state index in [1.807, 2.05) is 0 Å². The van der Waals surface area contributed by atoms with E-state index in [-0.39, 0.29) is 24.6 Å². The van der Waals surface area contributed by atoms with Crippen molar-refractivity contribution in [3.05, 3.63) is 35.5 Å². The van der Waals surface area contributed by atoms with Crippen LogP contribution >= 0.6 is 11.6 Å². The van der Waals surface area contributed by atoms with Gasteiger partial charge in [-0.05, 0) is 13.0 Å². The molecule has 0 saturated heterocycles. The molecule has 28 heavy (non-hydrogen) atoms. The average Bonchev–Trinajstić information content (AvgIpc) is 3.06. The van der Waals surface area contributed by atoms with Gasteiger partial charge in [-0.1, -0.05) is 11.6 Å². The molecular weight excluding hydrogens is 391 g/mol. The highest BCUT2D eigenvalue weighted by Crippen LogP contribution is 2.28. The zero-order chi connectivity index (χ0) is 20.3. The van der Waals surface area contributed by atoms with E-state index < -0.39 is 23.7 Å². The molecular formula is C17H16ClFN6O3. The molecule has 146 valence electrons. The first-order valence-electron chi connectivity index (χ1n) is 8.26. The highest BCUT2D eigenvalue weighted by Gasteiger charge is 2.18. The molecule has 0 aliphatic rings. The van der Waals surface area contributed by atoms with Gasteiger partial charge in [-0.3, -0.25) is 9.59 Å². The normalized spacial score (nSPS) is 12.0. The lowest BCUT2D eigenvalue weighted by Crippen LogP contribution is -2.38. The van der Waals surface area contributed by atoms with Crippen molar-refractivity contribution in [2.75, 3.05) is 11.9 Å². The Morgan fingerprint density at radius 2 is 2.14 bits per heavy atom. The van der Waals surface area contributed by atoms with Crippen LogP contribution in [0.3, 0.4) is 0 Å². The highest BCUT2D eigenvalue weighted by molar-refractivity contribution is 6.31. The van der Waals surface area contributed by atoms with Crippen LogP contribution < -0.4 is 10.6 Å². The lowest BCUT2D eigenvalue weighted by atomic mass is 10.2. The summed E-state index contributed by atoms with van der Waals surface area (Å²) in [5.41, 5.74) is 1.15. The topological polar surface area (TPSA) is 133 Å². The van der Waals surface area contributed by atoms with Gasteiger partial charge in [0.2, 0.25) is 5.91 Å². The van der Waals surface area contributed by atoms with Crippen LogP contribution in [0.5, 0.6) is 0 Å². The van der Waals surface area contributed by atoms with Crippen LogP contribution in [0, 0.1) is 5.82 Å². The first-order chi connectivity index (χ1) is 13.3. The molecule has 1 amide bonds. The van der Waals surface area contributed by atoms with Crippen LogP contribution in [0.15, 0.2) is 24.7 Å². The van der Waals surface area contributed by atoms with Gasteiger partial charge in [0.25, 0.3) is 0 Å². The number of halogens is 2. The minimum atomic E-state index is -1.03. The molecule has 0 fully saturated rings. The summed E-state index contributed by atoms with van der Waals surface area (Å²) in [5.74, 6) is -2.18. The second-order valence-electron chi connectivity index (χ2n) is 5.94. The van der Waals surface area contributed by atoms with E-state index >= 15 is 0 Å². The van der Waals surface area contributed by atoms with Crippen molar-refractivity contribution in [1.29, 1.82) is 0 Å². The number of aromatic amines is 1. The minimum Gasteiger partial charge on any atom is -0.481 e. The van der Waals surface area contributed by atoms with Crippen LogP contribution in [0.2, 0.25) is 5.02 Å². The lowest BCUT2D eigenvalue weighted by molar-refractivity contribution is -0.136. The number of fused-ring (bicyclic) bond motifs is 1. The Labute approximate surface area is 163 Å². The number of anilines is 1. The Morgan fingerprint density at radius 3 is 2.89 bits per heavy atom. The van der Waals surface area contributed by atoms with Crippen molar-refractivity contribution >= 4 is 40.3 Å². The molecule has 0 saturated carbocycles. The standard InChI is InChI=1S/C17H16ClFN6O3/c1-8(17(28)20-3-2-13(26)27)24-16-12(19)7-23-15(25-16)11-6-22-14-10(11)4-9(18)5-21-14/h4-8H,2-3H2,1H3,(H,20,28)(H,21,22)(H,26,27)(H,23,24,25)/t8-/m0/s1. The molecule has 0 aliphatic heterocycles. The number of carbonyl (C=O) groups is 2. The summed E-state index contributed by atoms with van der Waals surface area (Å²) < 4.78 is 14.1. The Bertz CT molecular complexity index is 1040. The molecule has 0 aromatic carbocycles. The maximum absolute atomic E-state index is 14.1. The second-order valence-corrected chi connectivity index (χ2v) is 6.38. The quantitative estimate of drug-likeness (QED) is 0.472. The smallest absolute Gasteiger partial charge is 0.305 e. The zero-order valence-corrected chi connectivity index (χ0v) is 15.4. The first-order valence-corrected chi connectivity index (χ1v) is 8.64. The van der Waals surface area contributed by atoms with Gasteiger partial charge in [-0.2, -0.15) is 0 Å². The molecule has 0 unspecified atom stereocenters. The Hall–Kier alpha value is -3.27. The number of amides is 1. The molecule has 11 heteroatoms. The van der Waals surface area contributed by atoms with E-state index in [0.29, 0.717) is 21.6 Å². The van der Waals surface area contributed by atoms with E-state index in [4.69, 9.17) is 16.7 Å². The number of nitrogens with one attached hydrogen (secondary N) is 3. The average molecular weight is 407 g/mol. The largest absolute Gasteiger partial charge is 0.481 e. The molecule has 0 bridgehead atoms. The fourth-order valence-electron chi connectivity index (χ4n) is 2.48. The number of pyridine rings is 1. The van der Waals surface area contributed by atoms with Crippen LogP contribution in [-0.4, -0.2) is 49.5 Å². The monoisotopic (exact) mass is 406 g/mol. The number of carboxylic acids is 1. The number of carbonyl (C=O) groups excluding carboxylic acids is 1. The van der Waals surface area contributed by atoms with E-state index in [9.17, 15) is 14.0 Å². The van der Waals surface area contributed by atoms with Gasteiger partial charge in [-0.15, -0.1) is 0 Å². The van der Waals surface area contributed by atoms with Crippen molar-refractivity contribution in [2.45, 2.75) is 19.4 Å². The molecule has 1 atom stereocenters. The summed E-state index contributed by atoms with van der Waals surface area (Å²) >= 11 is 5.99. The molecule has 4 N–H and O–H groups in total. The summed E-state index contributed by atoms with van der Waals surface area (Å²) in [6.45, 7) is 1.48. The third-order valence-corrected chi connectivity index (χ3v) is 4.07. The van der Waals surface area contributed by atoms with Crippen LogP contribution in [0.25, 0.3) is 22.4 Å². The molecule has 3 aromatic rings. The van der Waals surface area contributed by atoms with Crippen LogP contribution in [0.1, 0.15) is 13.3 Å². The van der Waals surface area contributed by atoms with Gasteiger partial charge < -0.3 is 20.7 Å². The fourth-order valence-corrected chi connectivity index (χ4v) is 2.64. The molecule has 0 spiro atoms. The van der Waals surface area contributed by atoms with Gasteiger partial charge in [0.15, 0.2) is 17.5 Å². The number of aromatic nitrogens is 4. The molecule has 9 nitrogen and oxygen atoms in total. The number of hydrogen-bond acceptors (Lipinski definition) is 6. The number of H-pyrrole nitrogens is 1. The third-order valence-electron chi connectivity index (χ3n) is 3.87. The van der Waals surface area contributed by atoms with Gasteiger partial charge in [0, 0.05) is 29.9 Å². The number of nitrogens with zero attached hydrogens (tertiary/aromatic N) is 3.